The van der Waals surface area contributed by atoms with Crippen molar-refractivity contribution in [3.05, 3.63) is 30.3 Å². The number of benzene rings is 1. The SMILES string of the molecule is Cl.Cl.O=C(NC1CCN(c2ccccc2)CC1)C1CC2CCCCC2N1. The quantitative estimate of drug-likeness (QED) is 0.816. The van der Waals surface area contributed by atoms with Crippen LogP contribution in [0.2, 0.25) is 0 Å². The van der Waals surface area contributed by atoms with Crippen molar-refractivity contribution in [2.75, 3.05) is 18.0 Å². The number of hydrogen-bond donors (Lipinski definition) is 2. The van der Waals surface area contributed by atoms with Gasteiger partial charge in [-0.15, -0.1) is 24.8 Å². The van der Waals surface area contributed by atoms with Crippen LogP contribution < -0.4 is 15.5 Å². The second-order valence-corrected chi connectivity index (χ2v) is 7.71. The van der Waals surface area contributed by atoms with Crippen LogP contribution in [0.25, 0.3) is 0 Å². The van der Waals surface area contributed by atoms with E-state index in [4.69, 9.17) is 0 Å². The van der Waals surface area contributed by atoms with Gasteiger partial charge in [-0.25, -0.2) is 0 Å². The number of carbonyl (C=O) groups is 1. The second kappa shape index (κ2) is 9.82. The Morgan fingerprint density at radius 2 is 1.69 bits per heavy atom. The van der Waals surface area contributed by atoms with Crippen molar-refractivity contribution in [1.82, 2.24) is 10.6 Å². The zero-order valence-electron chi connectivity index (χ0n) is 15.2. The highest BCUT2D eigenvalue weighted by atomic mass is 35.5. The van der Waals surface area contributed by atoms with E-state index in [0.717, 1.165) is 38.3 Å². The zero-order chi connectivity index (χ0) is 16.4. The van der Waals surface area contributed by atoms with E-state index < -0.39 is 0 Å². The molecule has 2 heterocycles. The molecule has 1 aliphatic carbocycles. The Labute approximate surface area is 169 Å². The molecule has 2 N–H and O–H groups in total. The molecule has 0 radical (unpaired) electrons. The highest BCUT2D eigenvalue weighted by molar-refractivity contribution is 5.85. The van der Waals surface area contributed by atoms with Crippen LogP contribution in [0.15, 0.2) is 30.3 Å². The molecular weight excluding hydrogens is 369 g/mol. The van der Waals surface area contributed by atoms with E-state index in [2.05, 4.69) is 45.9 Å². The fraction of sp³-hybridized carbons (Fsp3) is 0.650. The van der Waals surface area contributed by atoms with Crippen LogP contribution in [0.3, 0.4) is 0 Å². The Morgan fingerprint density at radius 3 is 2.38 bits per heavy atom. The molecule has 1 aromatic rings. The number of hydrogen-bond acceptors (Lipinski definition) is 3. The average Bonchev–Trinajstić information content (AvgIpc) is 3.07. The first kappa shape index (κ1) is 21.3. The van der Waals surface area contributed by atoms with Crippen molar-refractivity contribution in [3.8, 4) is 0 Å². The summed E-state index contributed by atoms with van der Waals surface area (Å²) < 4.78 is 0. The summed E-state index contributed by atoms with van der Waals surface area (Å²) >= 11 is 0. The Bertz CT molecular complexity index is 549. The van der Waals surface area contributed by atoms with Gasteiger partial charge in [0, 0.05) is 30.9 Å². The average molecular weight is 400 g/mol. The van der Waals surface area contributed by atoms with Crippen molar-refractivity contribution in [1.29, 1.82) is 0 Å². The van der Waals surface area contributed by atoms with Gasteiger partial charge < -0.3 is 15.5 Å². The molecule has 3 aliphatic rings. The molecule has 4 rings (SSSR count). The lowest BCUT2D eigenvalue weighted by Crippen LogP contribution is -2.50. The first-order valence-corrected chi connectivity index (χ1v) is 9.66. The number of nitrogens with one attached hydrogen (secondary N) is 2. The maximum Gasteiger partial charge on any atom is 0.237 e. The summed E-state index contributed by atoms with van der Waals surface area (Å²) in [6, 6.07) is 11.6. The highest BCUT2D eigenvalue weighted by Gasteiger charge is 2.38. The minimum absolute atomic E-state index is 0. The van der Waals surface area contributed by atoms with Gasteiger partial charge in [-0.2, -0.15) is 0 Å². The number of carbonyl (C=O) groups excluding carboxylic acids is 1. The molecule has 4 nitrogen and oxygen atoms in total. The summed E-state index contributed by atoms with van der Waals surface area (Å²) in [6.07, 6.45) is 8.34. The smallest absolute Gasteiger partial charge is 0.237 e. The molecule has 0 spiro atoms. The van der Waals surface area contributed by atoms with Crippen LogP contribution in [-0.2, 0) is 4.79 Å². The van der Waals surface area contributed by atoms with E-state index in [1.807, 2.05) is 0 Å². The molecule has 6 heteroatoms. The number of fused-ring (bicyclic) bond motifs is 1. The van der Waals surface area contributed by atoms with E-state index >= 15 is 0 Å². The maximum absolute atomic E-state index is 12.6. The second-order valence-electron chi connectivity index (χ2n) is 7.71. The number of piperidine rings is 1. The predicted molar refractivity (Wildman–Crippen MR) is 112 cm³/mol. The van der Waals surface area contributed by atoms with Crippen molar-refractivity contribution in [2.24, 2.45) is 5.92 Å². The van der Waals surface area contributed by atoms with Gasteiger partial charge >= 0.3 is 0 Å². The molecule has 3 fully saturated rings. The lowest BCUT2D eigenvalue weighted by atomic mass is 9.85. The number of nitrogens with zero attached hydrogens (tertiary/aromatic N) is 1. The maximum atomic E-state index is 12.6. The van der Waals surface area contributed by atoms with Gasteiger partial charge in [0.1, 0.15) is 0 Å². The monoisotopic (exact) mass is 399 g/mol. The molecule has 3 unspecified atom stereocenters. The Hall–Kier alpha value is -0.970. The van der Waals surface area contributed by atoms with Gasteiger partial charge in [-0.3, -0.25) is 4.79 Å². The van der Waals surface area contributed by atoms with Gasteiger partial charge in [0.15, 0.2) is 0 Å². The van der Waals surface area contributed by atoms with Crippen molar-refractivity contribution in [2.45, 2.75) is 63.1 Å². The largest absolute Gasteiger partial charge is 0.371 e. The standard InChI is InChI=1S/C20H29N3O.2ClH/c24-20(19-14-15-6-4-5-9-18(15)22-19)21-16-10-12-23(13-11-16)17-7-2-1-3-8-17;;/h1-3,7-8,15-16,18-19,22H,4-6,9-14H2,(H,21,24);2*1H. The first-order chi connectivity index (χ1) is 11.8. The summed E-state index contributed by atoms with van der Waals surface area (Å²) in [5.41, 5.74) is 1.30. The number of halogens is 2. The van der Waals surface area contributed by atoms with E-state index in [0.29, 0.717) is 12.1 Å². The van der Waals surface area contributed by atoms with Gasteiger partial charge in [-0.05, 0) is 50.2 Å². The predicted octanol–water partition coefficient (Wildman–Crippen LogP) is 3.54. The topological polar surface area (TPSA) is 44.4 Å². The summed E-state index contributed by atoms with van der Waals surface area (Å²) in [6.45, 7) is 2.05. The number of anilines is 1. The summed E-state index contributed by atoms with van der Waals surface area (Å²) in [4.78, 5) is 15.0. The molecule has 1 saturated carbocycles. The van der Waals surface area contributed by atoms with Crippen molar-refractivity contribution >= 4 is 36.4 Å². The Balaban J connectivity index is 0.00000121. The van der Waals surface area contributed by atoms with Crippen LogP contribution >= 0.6 is 24.8 Å². The molecule has 2 aliphatic heterocycles. The number of amides is 1. The molecule has 2 saturated heterocycles. The van der Waals surface area contributed by atoms with Gasteiger partial charge in [0.05, 0.1) is 6.04 Å². The number of para-hydroxylation sites is 1. The fourth-order valence-electron chi connectivity index (χ4n) is 4.74. The molecule has 0 bridgehead atoms. The first-order valence-electron chi connectivity index (χ1n) is 9.66. The minimum atomic E-state index is 0. The Morgan fingerprint density at radius 1 is 1.00 bits per heavy atom. The lowest BCUT2D eigenvalue weighted by Gasteiger charge is -2.34. The molecule has 0 aromatic heterocycles. The molecule has 1 aromatic carbocycles. The third-order valence-electron chi connectivity index (χ3n) is 6.14. The van der Waals surface area contributed by atoms with E-state index in [1.165, 1.54) is 31.4 Å². The highest BCUT2D eigenvalue weighted by Crippen LogP contribution is 2.33. The Kier molecular flexibility index (Phi) is 8.05. The molecule has 3 atom stereocenters. The van der Waals surface area contributed by atoms with Gasteiger partial charge in [-0.1, -0.05) is 31.0 Å². The zero-order valence-corrected chi connectivity index (χ0v) is 16.9. The van der Waals surface area contributed by atoms with Crippen molar-refractivity contribution in [3.63, 3.8) is 0 Å². The van der Waals surface area contributed by atoms with Crippen LogP contribution in [0.5, 0.6) is 0 Å². The summed E-state index contributed by atoms with van der Waals surface area (Å²) in [5.74, 6) is 0.969. The molecule has 26 heavy (non-hydrogen) atoms. The normalized spacial score (nSPS) is 28.5. The fourth-order valence-corrected chi connectivity index (χ4v) is 4.74. The summed E-state index contributed by atoms with van der Waals surface area (Å²) in [7, 11) is 0. The van der Waals surface area contributed by atoms with Crippen LogP contribution in [0.4, 0.5) is 5.69 Å². The third kappa shape index (κ3) is 4.85. The van der Waals surface area contributed by atoms with Crippen LogP contribution in [0, 0.1) is 5.92 Å². The summed E-state index contributed by atoms with van der Waals surface area (Å²) in [5, 5.41) is 6.91. The minimum Gasteiger partial charge on any atom is -0.371 e. The van der Waals surface area contributed by atoms with E-state index in [1.54, 1.807) is 0 Å². The van der Waals surface area contributed by atoms with E-state index in [9.17, 15) is 4.79 Å². The van der Waals surface area contributed by atoms with Crippen LogP contribution in [0.1, 0.15) is 44.9 Å². The van der Waals surface area contributed by atoms with Gasteiger partial charge in [0.2, 0.25) is 5.91 Å². The molecule has 1 amide bonds. The number of rotatable bonds is 3. The molecule has 146 valence electrons. The van der Waals surface area contributed by atoms with Gasteiger partial charge in [0.25, 0.3) is 0 Å². The van der Waals surface area contributed by atoms with E-state index in [-0.39, 0.29) is 36.8 Å². The van der Waals surface area contributed by atoms with Crippen LogP contribution in [-0.4, -0.2) is 37.1 Å². The van der Waals surface area contributed by atoms with Crippen molar-refractivity contribution < 1.29 is 4.79 Å². The molecular formula is C20H31Cl2N3O. The lowest BCUT2D eigenvalue weighted by molar-refractivity contribution is -0.123. The third-order valence-corrected chi connectivity index (χ3v) is 6.14.